The van der Waals surface area contributed by atoms with E-state index in [4.69, 9.17) is 9.84 Å². The van der Waals surface area contributed by atoms with Gasteiger partial charge in [0.05, 0.1) is 13.2 Å². The molecule has 5 heteroatoms. The summed E-state index contributed by atoms with van der Waals surface area (Å²) in [5, 5.41) is 9.02. The maximum atomic E-state index is 11.0. The van der Waals surface area contributed by atoms with E-state index in [0.717, 1.165) is 30.8 Å². The summed E-state index contributed by atoms with van der Waals surface area (Å²) in [7, 11) is 3.97. The number of hydrogen-bond donors (Lipinski definition) is 1. The summed E-state index contributed by atoms with van der Waals surface area (Å²) in [5.74, 6) is 0.0457. The van der Waals surface area contributed by atoms with E-state index < -0.39 is 5.97 Å². The highest BCUT2D eigenvalue weighted by Gasteiger charge is 2.11. The number of carboxylic acids is 1. The summed E-state index contributed by atoms with van der Waals surface area (Å²) in [6.07, 6.45) is 0.970. The van der Waals surface area contributed by atoms with Crippen LogP contribution in [-0.2, 0) is 11.3 Å². The Morgan fingerprint density at radius 2 is 2.05 bits per heavy atom. The second-order valence-electron chi connectivity index (χ2n) is 5.40. The molecule has 0 atom stereocenters. The average Bonchev–Trinajstić information content (AvgIpc) is 2.42. The molecule has 1 N–H and O–H groups in total. The molecule has 5 nitrogen and oxygen atoms in total. The SMILES string of the molecule is CCCOc1cccc(CN(CCN(C)C)CC(=O)O)c1. The van der Waals surface area contributed by atoms with Crippen molar-refractivity contribution in [2.45, 2.75) is 19.9 Å². The Bertz CT molecular complexity index is 435. The van der Waals surface area contributed by atoms with Gasteiger partial charge in [0.25, 0.3) is 0 Å². The smallest absolute Gasteiger partial charge is 0.317 e. The molecule has 0 saturated heterocycles. The van der Waals surface area contributed by atoms with Crippen LogP contribution in [0.5, 0.6) is 5.75 Å². The molecule has 21 heavy (non-hydrogen) atoms. The lowest BCUT2D eigenvalue weighted by Gasteiger charge is -2.22. The topological polar surface area (TPSA) is 53.0 Å². The van der Waals surface area contributed by atoms with Gasteiger partial charge in [0.2, 0.25) is 0 Å². The van der Waals surface area contributed by atoms with E-state index in [2.05, 4.69) is 11.8 Å². The van der Waals surface area contributed by atoms with Gasteiger partial charge in [-0.25, -0.2) is 0 Å². The second kappa shape index (κ2) is 9.37. The van der Waals surface area contributed by atoms with Gasteiger partial charge in [-0.05, 0) is 38.2 Å². The molecule has 0 fully saturated rings. The second-order valence-corrected chi connectivity index (χ2v) is 5.40. The van der Waals surface area contributed by atoms with Crippen LogP contribution < -0.4 is 4.74 Å². The summed E-state index contributed by atoms with van der Waals surface area (Å²) in [5.41, 5.74) is 1.07. The lowest BCUT2D eigenvalue weighted by atomic mass is 10.2. The number of rotatable bonds is 10. The summed E-state index contributed by atoms with van der Waals surface area (Å²) < 4.78 is 5.61. The Hall–Kier alpha value is -1.59. The van der Waals surface area contributed by atoms with Crippen LogP contribution in [0.3, 0.4) is 0 Å². The number of carbonyl (C=O) groups is 1. The summed E-state index contributed by atoms with van der Waals surface area (Å²) in [4.78, 5) is 15.0. The molecule has 0 heterocycles. The molecule has 0 radical (unpaired) electrons. The lowest BCUT2D eigenvalue weighted by Crippen LogP contribution is -2.35. The maximum Gasteiger partial charge on any atom is 0.317 e. The summed E-state index contributed by atoms with van der Waals surface area (Å²) in [6, 6.07) is 7.87. The zero-order valence-electron chi connectivity index (χ0n) is 13.2. The molecule has 0 aliphatic heterocycles. The molecule has 0 aromatic heterocycles. The van der Waals surface area contributed by atoms with Crippen molar-refractivity contribution in [1.29, 1.82) is 0 Å². The third kappa shape index (κ3) is 7.68. The first-order valence-electron chi connectivity index (χ1n) is 7.32. The number of carboxylic acid groups (broad SMARTS) is 1. The van der Waals surface area contributed by atoms with Crippen LogP contribution in [0.1, 0.15) is 18.9 Å². The van der Waals surface area contributed by atoms with Crippen molar-refractivity contribution < 1.29 is 14.6 Å². The fourth-order valence-electron chi connectivity index (χ4n) is 1.96. The minimum absolute atomic E-state index is 0.0495. The monoisotopic (exact) mass is 294 g/mol. The molecule has 0 aliphatic carbocycles. The fourth-order valence-corrected chi connectivity index (χ4v) is 1.96. The molecule has 0 aliphatic rings. The van der Waals surface area contributed by atoms with Gasteiger partial charge >= 0.3 is 5.97 Å². The Kier molecular flexibility index (Phi) is 7.79. The highest BCUT2D eigenvalue weighted by Crippen LogP contribution is 2.15. The quantitative estimate of drug-likeness (QED) is 0.714. The lowest BCUT2D eigenvalue weighted by molar-refractivity contribution is -0.138. The van der Waals surface area contributed by atoms with Gasteiger partial charge in [0.15, 0.2) is 0 Å². The zero-order valence-corrected chi connectivity index (χ0v) is 13.2. The van der Waals surface area contributed by atoms with Crippen molar-refractivity contribution >= 4 is 5.97 Å². The number of aliphatic carboxylic acids is 1. The minimum Gasteiger partial charge on any atom is -0.494 e. The van der Waals surface area contributed by atoms with E-state index in [0.29, 0.717) is 13.2 Å². The van der Waals surface area contributed by atoms with Crippen LogP contribution in [0.15, 0.2) is 24.3 Å². The normalized spacial score (nSPS) is 11.1. The van der Waals surface area contributed by atoms with Crippen LogP contribution in [0.4, 0.5) is 0 Å². The van der Waals surface area contributed by atoms with Gasteiger partial charge in [0, 0.05) is 19.6 Å². The Morgan fingerprint density at radius 3 is 2.67 bits per heavy atom. The van der Waals surface area contributed by atoms with Gasteiger partial charge in [0.1, 0.15) is 5.75 Å². The Morgan fingerprint density at radius 1 is 1.29 bits per heavy atom. The Labute approximate surface area is 127 Å². The van der Waals surface area contributed by atoms with Crippen LogP contribution >= 0.6 is 0 Å². The van der Waals surface area contributed by atoms with Gasteiger partial charge in [-0.1, -0.05) is 19.1 Å². The number of ether oxygens (including phenoxy) is 1. The maximum absolute atomic E-state index is 11.0. The number of benzene rings is 1. The molecule has 118 valence electrons. The third-order valence-corrected chi connectivity index (χ3v) is 3.00. The van der Waals surface area contributed by atoms with Crippen molar-refractivity contribution in [2.75, 3.05) is 40.3 Å². The van der Waals surface area contributed by atoms with E-state index in [1.165, 1.54) is 0 Å². The third-order valence-electron chi connectivity index (χ3n) is 3.00. The van der Waals surface area contributed by atoms with Crippen molar-refractivity contribution in [2.24, 2.45) is 0 Å². The van der Waals surface area contributed by atoms with E-state index in [1.807, 2.05) is 43.3 Å². The molecule has 0 amide bonds. The average molecular weight is 294 g/mol. The predicted molar refractivity (Wildman–Crippen MR) is 83.7 cm³/mol. The van der Waals surface area contributed by atoms with Crippen LogP contribution in [0.25, 0.3) is 0 Å². The van der Waals surface area contributed by atoms with Crippen molar-refractivity contribution in [3.63, 3.8) is 0 Å². The molecular formula is C16H26N2O3. The molecule has 0 unspecified atom stereocenters. The highest BCUT2D eigenvalue weighted by molar-refractivity contribution is 5.69. The summed E-state index contributed by atoms with van der Waals surface area (Å²) >= 11 is 0. The largest absolute Gasteiger partial charge is 0.494 e. The van der Waals surface area contributed by atoms with Gasteiger partial charge in [-0.15, -0.1) is 0 Å². The van der Waals surface area contributed by atoms with Gasteiger partial charge in [-0.3, -0.25) is 9.69 Å². The fraction of sp³-hybridized carbons (Fsp3) is 0.562. The first-order chi connectivity index (χ1) is 10.0. The molecule has 0 saturated carbocycles. The molecule has 1 rings (SSSR count). The first-order valence-corrected chi connectivity index (χ1v) is 7.32. The van der Waals surface area contributed by atoms with Crippen LogP contribution in [-0.4, -0.2) is 61.2 Å². The molecule has 0 bridgehead atoms. The zero-order chi connectivity index (χ0) is 15.7. The van der Waals surface area contributed by atoms with E-state index in [-0.39, 0.29) is 6.54 Å². The standard InChI is InChI=1S/C16H26N2O3/c1-4-10-21-15-7-5-6-14(11-15)12-18(13-16(19)20)9-8-17(2)3/h5-7,11H,4,8-10,12-13H2,1-3H3,(H,19,20). The van der Waals surface area contributed by atoms with E-state index in [1.54, 1.807) is 0 Å². The number of nitrogens with zero attached hydrogens (tertiary/aromatic N) is 2. The van der Waals surface area contributed by atoms with Crippen molar-refractivity contribution in [1.82, 2.24) is 9.80 Å². The molecular weight excluding hydrogens is 268 g/mol. The molecule has 1 aromatic rings. The van der Waals surface area contributed by atoms with Crippen LogP contribution in [0, 0.1) is 0 Å². The van der Waals surface area contributed by atoms with Gasteiger partial charge < -0.3 is 14.7 Å². The highest BCUT2D eigenvalue weighted by atomic mass is 16.5. The number of likely N-dealkylation sites (N-methyl/N-ethyl adjacent to an activating group) is 1. The summed E-state index contributed by atoms with van der Waals surface area (Å²) in [6.45, 7) is 4.98. The van der Waals surface area contributed by atoms with Crippen molar-refractivity contribution in [3.05, 3.63) is 29.8 Å². The van der Waals surface area contributed by atoms with E-state index in [9.17, 15) is 4.79 Å². The molecule has 0 spiro atoms. The molecule has 1 aromatic carbocycles. The number of hydrogen-bond acceptors (Lipinski definition) is 4. The first kappa shape index (κ1) is 17.5. The van der Waals surface area contributed by atoms with Gasteiger partial charge in [-0.2, -0.15) is 0 Å². The van der Waals surface area contributed by atoms with Crippen molar-refractivity contribution in [3.8, 4) is 5.75 Å². The minimum atomic E-state index is -0.799. The predicted octanol–water partition coefficient (Wildman–Crippen LogP) is 1.92. The van der Waals surface area contributed by atoms with Crippen LogP contribution in [0.2, 0.25) is 0 Å². The van der Waals surface area contributed by atoms with E-state index >= 15 is 0 Å². The Balaban J connectivity index is 2.65.